The quantitative estimate of drug-likeness (QED) is 0.489. The standard InChI is InChI=1S/C8H13N5OS/c1-10-6-3-7(11-4-5(9)14)13-8(12-6)15-2/h3H,4H2,1-2H3,(H2,9,14)(H2,10,11,12,13). The van der Waals surface area contributed by atoms with Crippen LogP contribution in [0.3, 0.4) is 0 Å². The van der Waals surface area contributed by atoms with Crippen LogP contribution in [0.1, 0.15) is 0 Å². The monoisotopic (exact) mass is 227 g/mol. The highest BCUT2D eigenvalue weighted by Crippen LogP contribution is 2.16. The third-order valence-corrected chi connectivity index (χ3v) is 2.14. The Morgan fingerprint density at radius 3 is 2.73 bits per heavy atom. The molecule has 0 aromatic carbocycles. The van der Waals surface area contributed by atoms with Gasteiger partial charge in [0.1, 0.15) is 11.6 Å². The molecule has 1 amide bonds. The number of nitrogens with zero attached hydrogens (tertiary/aromatic N) is 2. The minimum Gasteiger partial charge on any atom is -0.373 e. The number of amides is 1. The zero-order valence-corrected chi connectivity index (χ0v) is 9.39. The van der Waals surface area contributed by atoms with Gasteiger partial charge in [-0.1, -0.05) is 11.8 Å². The van der Waals surface area contributed by atoms with Crippen molar-refractivity contribution in [2.24, 2.45) is 5.73 Å². The number of nitrogens with one attached hydrogen (secondary N) is 2. The molecule has 0 unspecified atom stereocenters. The van der Waals surface area contributed by atoms with Crippen molar-refractivity contribution < 1.29 is 4.79 Å². The Bertz CT molecular complexity index is 335. The van der Waals surface area contributed by atoms with Gasteiger partial charge in [-0.3, -0.25) is 4.79 Å². The average molecular weight is 227 g/mol. The van der Waals surface area contributed by atoms with E-state index in [0.717, 1.165) is 0 Å². The van der Waals surface area contributed by atoms with E-state index in [0.29, 0.717) is 16.8 Å². The van der Waals surface area contributed by atoms with Crippen LogP contribution in [-0.4, -0.2) is 35.7 Å². The molecule has 1 heterocycles. The Morgan fingerprint density at radius 1 is 1.53 bits per heavy atom. The van der Waals surface area contributed by atoms with Gasteiger partial charge in [0.15, 0.2) is 5.16 Å². The summed E-state index contributed by atoms with van der Waals surface area (Å²) in [5, 5.41) is 6.36. The van der Waals surface area contributed by atoms with Crippen LogP contribution in [0.25, 0.3) is 0 Å². The molecule has 0 fully saturated rings. The van der Waals surface area contributed by atoms with Crippen molar-refractivity contribution in [3.63, 3.8) is 0 Å². The van der Waals surface area contributed by atoms with Crippen molar-refractivity contribution in [1.82, 2.24) is 9.97 Å². The van der Waals surface area contributed by atoms with E-state index in [1.807, 2.05) is 6.26 Å². The number of primary amides is 1. The van der Waals surface area contributed by atoms with Gasteiger partial charge in [0, 0.05) is 13.1 Å². The normalized spacial score (nSPS) is 9.73. The summed E-state index contributed by atoms with van der Waals surface area (Å²) in [6.07, 6.45) is 1.88. The lowest BCUT2D eigenvalue weighted by Gasteiger charge is -2.07. The van der Waals surface area contributed by atoms with Gasteiger partial charge in [-0.25, -0.2) is 9.97 Å². The van der Waals surface area contributed by atoms with Crippen molar-refractivity contribution in [3.8, 4) is 0 Å². The highest BCUT2D eigenvalue weighted by atomic mass is 32.2. The third kappa shape index (κ3) is 3.62. The lowest BCUT2D eigenvalue weighted by Crippen LogP contribution is -2.22. The molecule has 0 saturated carbocycles. The molecule has 0 saturated heterocycles. The van der Waals surface area contributed by atoms with Crippen LogP contribution >= 0.6 is 11.8 Å². The maximum atomic E-state index is 10.6. The molecule has 0 atom stereocenters. The zero-order valence-electron chi connectivity index (χ0n) is 8.57. The second-order valence-electron chi connectivity index (χ2n) is 2.69. The van der Waals surface area contributed by atoms with Gasteiger partial charge in [-0.15, -0.1) is 0 Å². The fraction of sp³-hybridized carbons (Fsp3) is 0.375. The Kier molecular flexibility index (Phi) is 4.17. The second kappa shape index (κ2) is 5.40. The van der Waals surface area contributed by atoms with Gasteiger partial charge < -0.3 is 16.4 Å². The number of aromatic nitrogens is 2. The topological polar surface area (TPSA) is 92.9 Å². The number of carbonyl (C=O) groups is 1. The summed E-state index contributed by atoms with van der Waals surface area (Å²) in [4.78, 5) is 18.9. The largest absolute Gasteiger partial charge is 0.373 e. The zero-order chi connectivity index (χ0) is 11.3. The first-order valence-corrected chi connectivity index (χ1v) is 5.51. The molecule has 0 aliphatic carbocycles. The molecular weight excluding hydrogens is 214 g/mol. The molecule has 0 bridgehead atoms. The average Bonchev–Trinajstić information content (AvgIpc) is 2.25. The van der Waals surface area contributed by atoms with Crippen molar-refractivity contribution in [3.05, 3.63) is 6.07 Å². The van der Waals surface area contributed by atoms with E-state index in [2.05, 4.69) is 20.6 Å². The fourth-order valence-corrected chi connectivity index (χ4v) is 1.29. The van der Waals surface area contributed by atoms with Crippen LogP contribution in [0.4, 0.5) is 11.6 Å². The van der Waals surface area contributed by atoms with Crippen LogP contribution in [0.15, 0.2) is 11.2 Å². The molecule has 15 heavy (non-hydrogen) atoms. The van der Waals surface area contributed by atoms with Gasteiger partial charge in [0.25, 0.3) is 0 Å². The van der Waals surface area contributed by atoms with E-state index in [1.54, 1.807) is 13.1 Å². The first-order chi connectivity index (χ1) is 7.15. The molecule has 6 nitrogen and oxygen atoms in total. The van der Waals surface area contributed by atoms with E-state index in [-0.39, 0.29) is 6.54 Å². The van der Waals surface area contributed by atoms with Crippen LogP contribution in [0.5, 0.6) is 0 Å². The summed E-state index contributed by atoms with van der Waals surface area (Å²) in [5.41, 5.74) is 5.02. The lowest BCUT2D eigenvalue weighted by molar-refractivity contribution is -0.116. The predicted molar refractivity (Wildman–Crippen MR) is 61.0 cm³/mol. The first-order valence-electron chi connectivity index (χ1n) is 4.28. The summed E-state index contributed by atoms with van der Waals surface area (Å²) in [6.45, 7) is 0.0635. The molecule has 4 N–H and O–H groups in total. The minimum absolute atomic E-state index is 0.0635. The minimum atomic E-state index is -0.426. The molecule has 82 valence electrons. The van der Waals surface area contributed by atoms with Crippen molar-refractivity contribution in [1.29, 1.82) is 0 Å². The van der Waals surface area contributed by atoms with Crippen molar-refractivity contribution >= 4 is 29.3 Å². The van der Waals surface area contributed by atoms with Gasteiger partial charge in [-0.2, -0.15) is 0 Å². The molecule has 1 aromatic heterocycles. The fourth-order valence-electron chi connectivity index (χ4n) is 0.913. The highest BCUT2D eigenvalue weighted by molar-refractivity contribution is 7.98. The van der Waals surface area contributed by atoms with Crippen molar-refractivity contribution in [2.45, 2.75) is 5.16 Å². The Balaban J connectivity index is 2.81. The summed E-state index contributed by atoms with van der Waals surface area (Å²) < 4.78 is 0. The molecule has 7 heteroatoms. The van der Waals surface area contributed by atoms with E-state index >= 15 is 0 Å². The Hall–Kier alpha value is -1.50. The molecule has 1 rings (SSSR count). The van der Waals surface area contributed by atoms with Crippen LogP contribution < -0.4 is 16.4 Å². The van der Waals surface area contributed by atoms with Gasteiger partial charge >= 0.3 is 0 Å². The molecule has 0 aliphatic rings. The SMILES string of the molecule is CNc1cc(NCC(N)=O)nc(SC)n1. The smallest absolute Gasteiger partial charge is 0.236 e. The summed E-state index contributed by atoms with van der Waals surface area (Å²) in [5.74, 6) is 0.851. The number of hydrogen-bond acceptors (Lipinski definition) is 6. The van der Waals surface area contributed by atoms with E-state index in [4.69, 9.17) is 5.73 Å². The third-order valence-electron chi connectivity index (χ3n) is 1.59. The molecular formula is C8H13N5OS. The number of hydrogen-bond donors (Lipinski definition) is 3. The maximum Gasteiger partial charge on any atom is 0.236 e. The molecule has 0 radical (unpaired) electrons. The van der Waals surface area contributed by atoms with Gasteiger partial charge in [0.05, 0.1) is 6.54 Å². The van der Waals surface area contributed by atoms with E-state index in [9.17, 15) is 4.79 Å². The summed E-state index contributed by atoms with van der Waals surface area (Å²) in [7, 11) is 1.77. The number of thioether (sulfide) groups is 1. The van der Waals surface area contributed by atoms with Gasteiger partial charge in [0.2, 0.25) is 5.91 Å². The predicted octanol–water partition coefficient (Wildman–Crippen LogP) is 0.137. The lowest BCUT2D eigenvalue weighted by atomic mass is 10.5. The Labute approximate surface area is 92.1 Å². The van der Waals surface area contributed by atoms with Crippen LogP contribution in [0.2, 0.25) is 0 Å². The number of carbonyl (C=O) groups excluding carboxylic acids is 1. The second-order valence-corrected chi connectivity index (χ2v) is 3.47. The highest BCUT2D eigenvalue weighted by Gasteiger charge is 2.03. The summed E-state index contributed by atoms with van der Waals surface area (Å²) >= 11 is 1.43. The number of anilines is 2. The number of rotatable bonds is 5. The van der Waals surface area contributed by atoms with Crippen LogP contribution in [-0.2, 0) is 4.79 Å². The molecule has 0 spiro atoms. The van der Waals surface area contributed by atoms with E-state index in [1.165, 1.54) is 11.8 Å². The van der Waals surface area contributed by atoms with Gasteiger partial charge in [-0.05, 0) is 6.26 Å². The summed E-state index contributed by atoms with van der Waals surface area (Å²) in [6, 6.07) is 1.71. The molecule has 1 aromatic rings. The Morgan fingerprint density at radius 2 is 2.20 bits per heavy atom. The van der Waals surface area contributed by atoms with Crippen LogP contribution in [0, 0.1) is 0 Å². The number of nitrogens with two attached hydrogens (primary N) is 1. The van der Waals surface area contributed by atoms with E-state index < -0.39 is 5.91 Å². The van der Waals surface area contributed by atoms with Crippen molar-refractivity contribution in [2.75, 3.05) is 30.5 Å². The maximum absolute atomic E-state index is 10.6. The first kappa shape index (κ1) is 11.6. The molecule has 0 aliphatic heterocycles.